The van der Waals surface area contributed by atoms with Gasteiger partial charge in [0, 0.05) is 17.1 Å². The third-order valence-corrected chi connectivity index (χ3v) is 6.32. The van der Waals surface area contributed by atoms with Crippen molar-refractivity contribution >= 4 is 52.0 Å². The van der Waals surface area contributed by atoms with Crippen molar-refractivity contribution < 1.29 is 9.59 Å². The zero-order valence-electron chi connectivity index (χ0n) is 15.3. The second kappa shape index (κ2) is 8.53. The van der Waals surface area contributed by atoms with Crippen LogP contribution in [0.2, 0.25) is 10.0 Å². The van der Waals surface area contributed by atoms with Crippen LogP contribution >= 0.6 is 34.5 Å². The molecule has 0 saturated carbocycles. The first-order chi connectivity index (χ1) is 14.0. The number of aromatic nitrogens is 1. The number of rotatable bonds is 4. The van der Waals surface area contributed by atoms with Crippen LogP contribution in [0.5, 0.6) is 0 Å². The second-order valence-corrected chi connectivity index (χ2v) is 8.54. The minimum Gasteiger partial charge on any atom is -0.326 e. The van der Waals surface area contributed by atoms with Crippen LogP contribution in [0.15, 0.2) is 54.7 Å². The van der Waals surface area contributed by atoms with Gasteiger partial charge in [0.15, 0.2) is 0 Å². The molecule has 1 aliphatic rings. The Hall–Kier alpha value is -2.41. The molecule has 0 bridgehead atoms. The summed E-state index contributed by atoms with van der Waals surface area (Å²) in [6.45, 7) is 0.532. The number of anilines is 1. The lowest BCUT2D eigenvalue weighted by atomic mass is 10.2. The fourth-order valence-corrected chi connectivity index (χ4v) is 4.65. The van der Waals surface area contributed by atoms with Gasteiger partial charge in [0.1, 0.15) is 15.9 Å². The highest BCUT2D eigenvalue weighted by Gasteiger charge is 2.35. The van der Waals surface area contributed by atoms with Gasteiger partial charge in [-0.3, -0.25) is 9.59 Å². The molecule has 0 radical (unpaired) electrons. The number of amides is 2. The van der Waals surface area contributed by atoms with Crippen molar-refractivity contribution in [1.82, 2.24) is 9.88 Å². The van der Waals surface area contributed by atoms with Crippen molar-refractivity contribution in [3.63, 3.8) is 0 Å². The Bertz CT molecular complexity index is 1060. The van der Waals surface area contributed by atoms with E-state index in [9.17, 15) is 9.59 Å². The predicted molar refractivity (Wildman–Crippen MR) is 117 cm³/mol. The van der Waals surface area contributed by atoms with Gasteiger partial charge in [-0.15, -0.1) is 11.3 Å². The van der Waals surface area contributed by atoms with Gasteiger partial charge in [0.2, 0.25) is 5.91 Å². The highest BCUT2D eigenvalue weighted by Crippen LogP contribution is 2.30. The molecule has 148 valence electrons. The molecular formula is C21H17Cl2N3O2S. The maximum atomic E-state index is 13.0. The van der Waals surface area contributed by atoms with Gasteiger partial charge < -0.3 is 10.2 Å². The van der Waals surface area contributed by atoms with E-state index < -0.39 is 6.04 Å². The van der Waals surface area contributed by atoms with Crippen LogP contribution in [0, 0.1) is 0 Å². The number of benzene rings is 2. The minimum atomic E-state index is -0.545. The Morgan fingerprint density at radius 2 is 1.93 bits per heavy atom. The van der Waals surface area contributed by atoms with Crippen LogP contribution in [-0.4, -0.2) is 34.3 Å². The van der Waals surface area contributed by atoms with E-state index in [-0.39, 0.29) is 11.8 Å². The zero-order valence-corrected chi connectivity index (χ0v) is 17.6. The van der Waals surface area contributed by atoms with Crippen LogP contribution in [0.4, 0.5) is 5.69 Å². The molecule has 0 aliphatic carbocycles. The maximum absolute atomic E-state index is 13.0. The first-order valence-electron chi connectivity index (χ1n) is 9.11. The van der Waals surface area contributed by atoms with Crippen LogP contribution in [0.25, 0.3) is 10.6 Å². The lowest BCUT2D eigenvalue weighted by Crippen LogP contribution is -2.43. The molecule has 1 aliphatic heterocycles. The summed E-state index contributed by atoms with van der Waals surface area (Å²) in [6.07, 6.45) is 2.95. The van der Waals surface area contributed by atoms with E-state index >= 15 is 0 Å². The second-order valence-electron chi connectivity index (χ2n) is 6.67. The van der Waals surface area contributed by atoms with Crippen LogP contribution in [0.1, 0.15) is 22.5 Å². The quantitative estimate of drug-likeness (QED) is 0.587. The van der Waals surface area contributed by atoms with Gasteiger partial charge in [-0.2, -0.15) is 0 Å². The molecule has 1 N–H and O–H groups in total. The molecule has 1 atom stereocenters. The smallest absolute Gasteiger partial charge is 0.266 e. The molecule has 2 amide bonds. The van der Waals surface area contributed by atoms with Crippen molar-refractivity contribution in [3.8, 4) is 10.6 Å². The van der Waals surface area contributed by atoms with Crippen molar-refractivity contribution in [2.24, 2.45) is 0 Å². The lowest BCUT2D eigenvalue weighted by molar-refractivity contribution is -0.119. The van der Waals surface area contributed by atoms with Gasteiger partial charge >= 0.3 is 0 Å². The third-order valence-electron chi connectivity index (χ3n) is 4.74. The van der Waals surface area contributed by atoms with Crippen LogP contribution in [-0.2, 0) is 4.79 Å². The van der Waals surface area contributed by atoms with E-state index in [2.05, 4.69) is 10.3 Å². The fraction of sp³-hybridized carbons (Fsp3) is 0.190. The Kier molecular flexibility index (Phi) is 5.85. The first kappa shape index (κ1) is 19.9. The van der Waals surface area contributed by atoms with Gasteiger partial charge in [-0.25, -0.2) is 4.98 Å². The molecule has 8 heteroatoms. The molecule has 3 aromatic rings. The summed E-state index contributed by atoms with van der Waals surface area (Å²) in [5.41, 5.74) is 1.44. The summed E-state index contributed by atoms with van der Waals surface area (Å²) in [4.78, 5) is 32.4. The Morgan fingerprint density at radius 1 is 1.14 bits per heavy atom. The van der Waals surface area contributed by atoms with Gasteiger partial charge in [-0.05, 0) is 31.0 Å². The molecular weight excluding hydrogens is 429 g/mol. The Morgan fingerprint density at radius 3 is 2.69 bits per heavy atom. The summed E-state index contributed by atoms with van der Waals surface area (Å²) >= 11 is 13.4. The van der Waals surface area contributed by atoms with Crippen LogP contribution < -0.4 is 5.32 Å². The minimum absolute atomic E-state index is 0.176. The molecule has 4 rings (SSSR count). The predicted octanol–water partition coefficient (Wildman–Crippen LogP) is 5.36. The monoisotopic (exact) mass is 445 g/mol. The van der Waals surface area contributed by atoms with E-state index in [1.807, 2.05) is 30.3 Å². The topological polar surface area (TPSA) is 62.3 Å². The number of nitrogens with zero attached hydrogens (tertiary/aromatic N) is 2. The third kappa shape index (κ3) is 4.29. The molecule has 1 fully saturated rings. The summed E-state index contributed by atoms with van der Waals surface area (Å²) in [5.74, 6) is -0.433. The van der Waals surface area contributed by atoms with Crippen molar-refractivity contribution in [2.45, 2.75) is 18.9 Å². The number of halogens is 2. The van der Waals surface area contributed by atoms with E-state index in [1.54, 1.807) is 29.3 Å². The number of carbonyl (C=O) groups excluding carboxylic acids is 2. The van der Waals surface area contributed by atoms with E-state index in [4.69, 9.17) is 23.2 Å². The molecule has 2 heterocycles. The molecule has 2 aromatic carbocycles. The molecule has 1 saturated heterocycles. The number of likely N-dealkylation sites (tertiary alicyclic amines) is 1. The molecule has 29 heavy (non-hydrogen) atoms. The van der Waals surface area contributed by atoms with Gasteiger partial charge in [-0.1, -0.05) is 53.5 Å². The SMILES string of the molecule is O=C(Nc1ccc(Cl)cc1Cl)[C@H]1CCCN1C(=O)c1cnc(-c2ccccc2)s1. The summed E-state index contributed by atoms with van der Waals surface area (Å²) in [6, 6.07) is 14.0. The Labute approximate surface area is 182 Å². The van der Waals surface area contributed by atoms with Crippen molar-refractivity contribution in [1.29, 1.82) is 0 Å². The lowest BCUT2D eigenvalue weighted by Gasteiger charge is -2.23. The molecule has 1 aromatic heterocycles. The number of hydrogen-bond acceptors (Lipinski definition) is 4. The number of hydrogen-bond donors (Lipinski definition) is 1. The largest absolute Gasteiger partial charge is 0.326 e. The Balaban J connectivity index is 1.50. The van der Waals surface area contributed by atoms with Crippen molar-refractivity contribution in [2.75, 3.05) is 11.9 Å². The summed E-state index contributed by atoms with van der Waals surface area (Å²) < 4.78 is 0. The zero-order chi connectivity index (χ0) is 20.4. The van der Waals surface area contributed by atoms with E-state index in [0.29, 0.717) is 33.6 Å². The van der Waals surface area contributed by atoms with Crippen molar-refractivity contribution in [3.05, 3.63) is 69.7 Å². The van der Waals surface area contributed by atoms with E-state index in [0.717, 1.165) is 17.0 Å². The molecule has 0 unspecified atom stereocenters. The summed E-state index contributed by atoms with van der Waals surface area (Å²) in [5, 5.41) is 4.44. The molecule has 5 nitrogen and oxygen atoms in total. The number of carbonyl (C=O) groups is 2. The average molecular weight is 446 g/mol. The summed E-state index contributed by atoms with van der Waals surface area (Å²) in [7, 11) is 0. The maximum Gasteiger partial charge on any atom is 0.266 e. The average Bonchev–Trinajstić information content (AvgIpc) is 3.40. The standard InChI is InChI=1S/C21H17Cl2N3O2S/c22-14-8-9-16(15(23)11-14)25-19(27)17-7-4-10-26(17)21(28)18-12-24-20(29-18)13-5-2-1-3-6-13/h1-3,5-6,8-9,11-12,17H,4,7,10H2,(H,25,27)/t17-/m1/s1. The van der Waals surface area contributed by atoms with Gasteiger partial charge in [0.05, 0.1) is 16.9 Å². The van der Waals surface area contributed by atoms with Crippen LogP contribution in [0.3, 0.4) is 0 Å². The van der Waals surface area contributed by atoms with E-state index in [1.165, 1.54) is 11.3 Å². The molecule has 0 spiro atoms. The first-order valence-corrected chi connectivity index (χ1v) is 10.7. The fourth-order valence-electron chi connectivity index (χ4n) is 3.32. The number of thiazole rings is 1. The normalized spacial score (nSPS) is 16.1. The van der Waals surface area contributed by atoms with Gasteiger partial charge in [0.25, 0.3) is 5.91 Å². The number of nitrogens with one attached hydrogen (secondary N) is 1. The highest BCUT2D eigenvalue weighted by atomic mass is 35.5. The highest BCUT2D eigenvalue weighted by molar-refractivity contribution is 7.16.